The van der Waals surface area contributed by atoms with Crippen molar-refractivity contribution < 1.29 is 9.13 Å². The quantitative estimate of drug-likeness (QED) is 0.619. The van der Waals surface area contributed by atoms with Crippen LogP contribution in [-0.4, -0.2) is 17.5 Å². The Kier molecular flexibility index (Phi) is 6.05. The van der Waals surface area contributed by atoms with Gasteiger partial charge < -0.3 is 4.74 Å². The number of halogens is 2. The zero-order valence-corrected chi connectivity index (χ0v) is 12.2. The number of hydrogen-bond acceptors (Lipinski definition) is 2. The minimum Gasteiger partial charge on any atom is -0.493 e. The molecule has 2 aromatic rings. The predicted molar refractivity (Wildman–Crippen MR) is 82.1 cm³/mol. The van der Waals surface area contributed by atoms with E-state index in [-0.39, 0.29) is 5.82 Å². The average Bonchev–Trinajstić information content (AvgIpc) is 2.51. The number of nitrogens with zero attached hydrogens (tertiary/aromatic N) is 1. The van der Waals surface area contributed by atoms with Gasteiger partial charge in [0.05, 0.1) is 12.2 Å². The van der Waals surface area contributed by atoms with Gasteiger partial charge in [-0.15, -0.1) is 11.6 Å². The lowest BCUT2D eigenvalue weighted by molar-refractivity contribution is 0.320. The van der Waals surface area contributed by atoms with E-state index in [9.17, 15) is 4.39 Å². The minimum atomic E-state index is -0.376. The van der Waals surface area contributed by atoms with Crippen LogP contribution < -0.4 is 4.74 Å². The third kappa shape index (κ3) is 5.09. The normalized spacial score (nSPS) is 9.81. The highest BCUT2D eigenvalue weighted by atomic mass is 35.5. The molecule has 1 aromatic heterocycles. The van der Waals surface area contributed by atoms with Crippen LogP contribution in [0.25, 0.3) is 0 Å². The molecule has 0 aliphatic heterocycles. The molecule has 0 atom stereocenters. The van der Waals surface area contributed by atoms with Crippen molar-refractivity contribution in [3.05, 3.63) is 59.7 Å². The molecule has 0 unspecified atom stereocenters. The molecule has 21 heavy (non-hydrogen) atoms. The molecule has 0 amide bonds. The van der Waals surface area contributed by atoms with Crippen LogP contribution in [0, 0.1) is 17.7 Å². The second kappa shape index (κ2) is 8.28. The largest absolute Gasteiger partial charge is 0.493 e. The fraction of sp³-hybridized carbons (Fsp3) is 0.235. The Balaban J connectivity index is 1.90. The smallest absolute Gasteiger partial charge is 0.142 e. The van der Waals surface area contributed by atoms with Crippen LogP contribution in [0.5, 0.6) is 5.75 Å². The Labute approximate surface area is 128 Å². The first kappa shape index (κ1) is 15.3. The van der Waals surface area contributed by atoms with Crippen molar-refractivity contribution in [3.63, 3.8) is 0 Å². The van der Waals surface area contributed by atoms with Gasteiger partial charge in [0.2, 0.25) is 0 Å². The van der Waals surface area contributed by atoms with Gasteiger partial charge in [0.1, 0.15) is 11.6 Å². The first-order valence-electron chi connectivity index (χ1n) is 6.65. The summed E-state index contributed by atoms with van der Waals surface area (Å²) >= 11 is 5.52. The number of hydrogen-bond donors (Lipinski definition) is 0. The van der Waals surface area contributed by atoms with Gasteiger partial charge in [-0.05, 0) is 29.8 Å². The zero-order chi connectivity index (χ0) is 14.9. The molecule has 0 radical (unpaired) electrons. The molecule has 0 fully saturated rings. The highest BCUT2D eigenvalue weighted by molar-refractivity contribution is 6.18. The third-order valence-corrected chi connectivity index (χ3v) is 2.98. The molecule has 0 aliphatic rings. The molecule has 0 N–H and O–H groups in total. The lowest BCUT2D eigenvalue weighted by Crippen LogP contribution is -2.01. The van der Waals surface area contributed by atoms with Crippen molar-refractivity contribution in [2.24, 2.45) is 0 Å². The molecule has 1 heterocycles. The summed E-state index contributed by atoms with van der Waals surface area (Å²) in [6.45, 7) is 0.487. The van der Waals surface area contributed by atoms with E-state index in [1.165, 1.54) is 6.07 Å². The summed E-state index contributed by atoms with van der Waals surface area (Å²) in [5, 5.41) is 0. The van der Waals surface area contributed by atoms with E-state index in [1.54, 1.807) is 24.5 Å². The number of alkyl halides is 1. The lowest BCUT2D eigenvalue weighted by Gasteiger charge is -2.06. The molecule has 2 rings (SSSR count). The zero-order valence-electron chi connectivity index (χ0n) is 11.5. The number of rotatable bonds is 5. The molecular weight excluding hydrogens is 289 g/mol. The van der Waals surface area contributed by atoms with E-state index in [2.05, 4.69) is 16.8 Å². The monoisotopic (exact) mass is 303 g/mol. The van der Waals surface area contributed by atoms with Gasteiger partial charge in [0.25, 0.3) is 0 Å². The first-order chi connectivity index (χ1) is 10.3. The van der Waals surface area contributed by atoms with E-state index in [0.717, 1.165) is 12.0 Å². The van der Waals surface area contributed by atoms with Crippen molar-refractivity contribution in [1.82, 2.24) is 4.98 Å². The molecule has 0 aliphatic carbocycles. The summed E-state index contributed by atoms with van der Waals surface area (Å²) in [6.07, 6.45) is 4.78. The molecule has 0 bridgehead atoms. The van der Waals surface area contributed by atoms with E-state index in [0.29, 0.717) is 30.2 Å². The van der Waals surface area contributed by atoms with Crippen LogP contribution in [0.2, 0.25) is 0 Å². The van der Waals surface area contributed by atoms with E-state index < -0.39 is 0 Å². The predicted octanol–water partition coefficient (Wildman–Crippen LogP) is 3.82. The van der Waals surface area contributed by atoms with Crippen molar-refractivity contribution in [1.29, 1.82) is 0 Å². The van der Waals surface area contributed by atoms with Gasteiger partial charge >= 0.3 is 0 Å². The minimum absolute atomic E-state index is 0.363. The Hall–Kier alpha value is -2.05. The first-order valence-corrected chi connectivity index (χ1v) is 7.19. The SMILES string of the molecule is Fc1cc(OCCc2ccncc2)ccc1C#CCCCl. The van der Waals surface area contributed by atoms with E-state index in [1.807, 2.05) is 12.1 Å². The summed E-state index contributed by atoms with van der Waals surface area (Å²) in [5.41, 5.74) is 1.50. The van der Waals surface area contributed by atoms with E-state index >= 15 is 0 Å². The van der Waals surface area contributed by atoms with E-state index in [4.69, 9.17) is 16.3 Å². The van der Waals surface area contributed by atoms with Crippen molar-refractivity contribution in [2.45, 2.75) is 12.8 Å². The van der Waals surface area contributed by atoms with Crippen molar-refractivity contribution >= 4 is 11.6 Å². The molecule has 1 aromatic carbocycles. The van der Waals surface area contributed by atoms with Gasteiger partial charge in [0.15, 0.2) is 0 Å². The summed E-state index contributed by atoms with van der Waals surface area (Å²) in [5.74, 6) is 6.14. The van der Waals surface area contributed by atoms with Crippen LogP contribution in [0.1, 0.15) is 17.5 Å². The molecular formula is C17H15ClFNO. The molecule has 0 saturated heterocycles. The Morgan fingerprint density at radius 2 is 2.00 bits per heavy atom. The Morgan fingerprint density at radius 3 is 2.71 bits per heavy atom. The average molecular weight is 304 g/mol. The Morgan fingerprint density at radius 1 is 1.19 bits per heavy atom. The highest BCUT2D eigenvalue weighted by Gasteiger charge is 2.02. The maximum absolute atomic E-state index is 13.8. The van der Waals surface area contributed by atoms with Crippen molar-refractivity contribution in [3.8, 4) is 17.6 Å². The van der Waals surface area contributed by atoms with Gasteiger partial charge in [-0.1, -0.05) is 11.8 Å². The topological polar surface area (TPSA) is 22.1 Å². The van der Waals surface area contributed by atoms with Gasteiger partial charge in [-0.3, -0.25) is 4.98 Å². The second-order valence-corrected chi connectivity index (χ2v) is 4.71. The number of benzene rings is 1. The number of aromatic nitrogens is 1. The van der Waals surface area contributed by atoms with Gasteiger partial charge in [0, 0.05) is 37.2 Å². The lowest BCUT2D eigenvalue weighted by atomic mass is 10.2. The summed E-state index contributed by atoms with van der Waals surface area (Å²) < 4.78 is 19.3. The molecule has 0 saturated carbocycles. The summed E-state index contributed by atoms with van der Waals surface area (Å²) in [6, 6.07) is 8.56. The van der Waals surface area contributed by atoms with Crippen molar-refractivity contribution in [2.75, 3.05) is 12.5 Å². The third-order valence-electron chi connectivity index (χ3n) is 2.79. The summed E-state index contributed by atoms with van der Waals surface area (Å²) in [7, 11) is 0. The van der Waals surface area contributed by atoms with Crippen LogP contribution >= 0.6 is 11.6 Å². The molecule has 108 valence electrons. The maximum Gasteiger partial charge on any atom is 0.142 e. The van der Waals surface area contributed by atoms with Gasteiger partial charge in [-0.2, -0.15) is 0 Å². The van der Waals surface area contributed by atoms with Crippen LogP contribution in [-0.2, 0) is 6.42 Å². The second-order valence-electron chi connectivity index (χ2n) is 4.34. The van der Waals surface area contributed by atoms with Crippen LogP contribution in [0.15, 0.2) is 42.7 Å². The fourth-order valence-corrected chi connectivity index (χ4v) is 1.82. The number of ether oxygens (including phenoxy) is 1. The van der Waals surface area contributed by atoms with Crippen LogP contribution in [0.3, 0.4) is 0 Å². The van der Waals surface area contributed by atoms with Crippen LogP contribution in [0.4, 0.5) is 4.39 Å². The molecule has 2 nitrogen and oxygen atoms in total. The van der Waals surface area contributed by atoms with Gasteiger partial charge in [-0.25, -0.2) is 4.39 Å². The Bertz CT molecular complexity index is 634. The standard InChI is InChI=1S/C17H15ClFNO/c18-9-2-1-3-15-4-5-16(13-17(15)19)21-12-8-14-6-10-20-11-7-14/h4-7,10-11,13H,2,8-9,12H2. The fourth-order valence-electron chi connectivity index (χ4n) is 1.73. The number of pyridine rings is 1. The molecule has 4 heteroatoms. The molecule has 0 spiro atoms. The maximum atomic E-state index is 13.8. The summed E-state index contributed by atoms with van der Waals surface area (Å²) in [4.78, 5) is 3.95. The highest BCUT2D eigenvalue weighted by Crippen LogP contribution is 2.16.